The molecule has 0 bridgehead atoms. The molecule has 0 atom stereocenters. The summed E-state index contributed by atoms with van der Waals surface area (Å²) < 4.78 is 0.986. The molecule has 24 heavy (non-hydrogen) atoms. The van der Waals surface area contributed by atoms with E-state index in [1.165, 1.54) is 23.1 Å². The number of thiazole rings is 1. The maximum Gasteiger partial charge on any atom is 0.270 e. The Kier molecular flexibility index (Phi) is 3.69. The highest BCUT2D eigenvalue weighted by Crippen LogP contribution is 2.42. The Labute approximate surface area is 146 Å². The lowest BCUT2D eigenvalue weighted by Gasteiger charge is -2.03. The zero-order valence-corrected chi connectivity index (χ0v) is 13.9. The van der Waals surface area contributed by atoms with E-state index in [0.717, 1.165) is 20.8 Å². The average molecular weight is 350 g/mol. The summed E-state index contributed by atoms with van der Waals surface area (Å²) in [5, 5.41) is 16.3. The summed E-state index contributed by atoms with van der Waals surface area (Å²) in [5.74, 6) is -0.459. The lowest BCUT2D eigenvalue weighted by Crippen LogP contribution is -2.15. The molecule has 1 aliphatic heterocycles. The molecule has 0 saturated heterocycles. The molecule has 2 heterocycles. The number of aromatic nitrogens is 1. The van der Waals surface area contributed by atoms with Crippen molar-refractivity contribution in [3.8, 4) is 6.07 Å². The lowest BCUT2D eigenvalue weighted by atomic mass is 10.3. The smallest absolute Gasteiger partial charge is 0.270 e. The van der Waals surface area contributed by atoms with Gasteiger partial charge in [-0.05, 0) is 24.3 Å². The number of carbonyl (C=O) groups is 1. The number of amides is 1. The van der Waals surface area contributed by atoms with Gasteiger partial charge in [-0.2, -0.15) is 5.26 Å². The van der Waals surface area contributed by atoms with Crippen LogP contribution in [-0.4, -0.2) is 10.9 Å². The summed E-state index contributed by atoms with van der Waals surface area (Å²) >= 11 is 2.76. The topological polar surface area (TPSA) is 77.8 Å². The number of benzene rings is 2. The molecule has 2 N–H and O–H groups in total. The summed E-state index contributed by atoms with van der Waals surface area (Å²) in [6.45, 7) is 0. The number of rotatable bonds is 2. The Morgan fingerprint density at radius 1 is 1.17 bits per heavy atom. The number of fused-ring (bicyclic) bond motifs is 2. The Morgan fingerprint density at radius 3 is 2.75 bits per heavy atom. The van der Waals surface area contributed by atoms with Crippen LogP contribution in [0.25, 0.3) is 10.2 Å². The van der Waals surface area contributed by atoms with E-state index < -0.39 is 5.91 Å². The highest BCUT2D eigenvalue weighted by Gasteiger charge is 2.23. The molecule has 7 heteroatoms. The van der Waals surface area contributed by atoms with Crippen molar-refractivity contribution < 1.29 is 4.79 Å². The number of anilines is 2. The van der Waals surface area contributed by atoms with E-state index >= 15 is 0 Å². The van der Waals surface area contributed by atoms with E-state index in [9.17, 15) is 10.1 Å². The summed E-state index contributed by atoms with van der Waals surface area (Å²) in [7, 11) is 0. The van der Waals surface area contributed by atoms with Gasteiger partial charge in [-0.3, -0.25) is 10.1 Å². The van der Waals surface area contributed by atoms with Gasteiger partial charge in [-0.25, -0.2) is 4.98 Å². The summed E-state index contributed by atoms with van der Waals surface area (Å²) in [5.41, 5.74) is 1.78. The molecule has 0 spiro atoms. The molecule has 0 fully saturated rings. The molecule has 5 nitrogen and oxygen atoms in total. The Bertz CT molecular complexity index is 972. The Morgan fingerprint density at radius 2 is 1.96 bits per heavy atom. The van der Waals surface area contributed by atoms with Crippen molar-refractivity contribution in [3.05, 3.63) is 59.1 Å². The zero-order valence-electron chi connectivity index (χ0n) is 12.2. The third-order valence-electron chi connectivity index (χ3n) is 3.43. The van der Waals surface area contributed by atoms with E-state index in [2.05, 4.69) is 15.6 Å². The first-order chi connectivity index (χ1) is 11.7. The third-order valence-corrected chi connectivity index (χ3v) is 5.47. The molecule has 4 rings (SSSR count). The maximum absolute atomic E-state index is 12.5. The fourth-order valence-electron chi connectivity index (χ4n) is 2.32. The number of thioether (sulfide) groups is 1. The molecular formula is C17H10N4OS2. The minimum Gasteiger partial charge on any atom is -0.348 e. The summed E-state index contributed by atoms with van der Waals surface area (Å²) in [4.78, 5) is 17.8. The number of hydrogen-bond acceptors (Lipinski definition) is 6. The third kappa shape index (κ3) is 2.62. The quantitative estimate of drug-likeness (QED) is 0.535. The van der Waals surface area contributed by atoms with E-state index in [-0.39, 0.29) is 5.57 Å². The van der Waals surface area contributed by atoms with Crippen molar-refractivity contribution in [2.45, 2.75) is 4.90 Å². The Balaban J connectivity index is 1.61. The van der Waals surface area contributed by atoms with Gasteiger partial charge in [0.05, 0.1) is 15.9 Å². The zero-order chi connectivity index (χ0) is 16.5. The average Bonchev–Trinajstić information content (AvgIpc) is 3.18. The predicted molar refractivity (Wildman–Crippen MR) is 96.8 cm³/mol. The standard InChI is InChI=1S/C17H10N4OS2/c18-9-10(16-19-11-5-1-3-7-13(11)23-16)15(22)21-17-20-12-6-2-4-8-14(12)24-17/h1-8,19H,(H,20,21,22). The van der Waals surface area contributed by atoms with Crippen molar-refractivity contribution in [2.24, 2.45) is 0 Å². The highest BCUT2D eigenvalue weighted by atomic mass is 32.2. The van der Waals surface area contributed by atoms with Gasteiger partial charge in [-0.1, -0.05) is 47.4 Å². The number of nitrogens with one attached hydrogen (secondary N) is 2. The summed E-state index contributed by atoms with van der Waals surface area (Å²) in [6.07, 6.45) is 0. The van der Waals surface area contributed by atoms with E-state index in [1.807, 2.05) is 54.6 Å². The molecule has 2 aromatic carbocycles. The number of nitriles is 1. The highest BCUT2D eigenvalue weighted by molar-refractivity contribution is 8.03. The molecule has 116 valence electrons. The van der Waals surface area contributed by atoms with Crippen molar-refractivity contribution in [3.63, 3.8) is 0 Å². The second-order valence-electron chi connectivity index (χ2n) is 4.98. The normalized spacial score (nSPS) is 14.6. The molecule has 0 saturated carbocycles. The van der Waals surface area contributed by atoms with Crippen LogP contribution < -0.4 is 10.6 Å². The van der Waals surface area contributed by atoms with Gasteiger partial charge >= 0.3 is 0 Å². The number of carbonyl (C=O) groups excluding carboxylic acids is 1. The van der Waals surface area contributed by atoms with Crippen LogP contribution >= 0.6 is 23.1 Å². The van der Waals surface area contributed by atoms with Crippen LogP contribution in [0.15, 0.2) is 64.0 Å². The van der Waals surface area contributed by atoms with Crippen LogP contribution in [0.4, 0.5) is 10.8 Å². The SMILES string of the molecule is N#CC(C(=O)Nc1nc2ccccc2s1)=C1Nc2ccccc2S1. The largest absolute Gasteiger partial charge is 0.348 e. The molecule has 0 unspecified atom stereocenters. The molecule has 1 amide bonds. The Hall–Kier alpha value is -2.82. The van der Waals surface area contributed by atoms with Crippen LogP contribution in [0.5, 0.6) is 0 Å². The van der Waals surface area contributed by atoms with Crippen molar-refractivity contribution in [1.82, 2.24) is 4.98 Å². The van der Waals surface area contributed by atoms with E-state index in [4.69, 9.17) is 0 Å². The van der Waals surface area contributed by atoms with Gasteiger partial charge in [0, 0.05) is 4.90 Å². The van der Waals surface area contributed by atoms with Crippen molar-refractivity contribution in [1.29, 1.82) is 5.26 Å². The summed E-state index contributed by atoms with van der Waals surface area (Å²) in [6, 6.07) is 17.3. The van der Waals surface area contributed by atoms with Crippen molar-refractivity contribution >= 4 is 50.0 Å². The molecule has 0 radical (unpaired) electrons. The molecular weight excluding hydrogens is 340 g/mol. The monoisotopic (exact) mass is 350 g/mol. The molecule has 1 aliphatic rings. The molecule has 1 aromatic heterocycles. The first-order valence-corrected chi connectivity index (χ1v) is 8.73. The number of para-hydroxylation sites is 2. The first kappa shape index (κ1) is 14.8. The molecule has 0 aliphatic carbocycles. The predicted octanol–water partition coefficient (Wildman–Crippen LogP) is 4.19. The van der Waals surface area contributed by atoms with Gasteiger partial charge in [0.2, 0.25) is 0 Å². The van der Waals surface area contributed by atoms with Crippen LogP contribution in [0, 0.1) is 11.3 Å². The fourth-order valence-corrected chi connectivity index (χ4v) is 4.18. The maximum atomic E-state index is 12.5. The lowest BCUT2D eigenvalue weighted by molar-refractivity contribution is -0.112. The van der Waals surface area contributed by atoms with E-state index in [0.29, 0.717) is 10.2 Å². The molecule has 3 aromatic rings. The van der Waals surface area contributed by atoms with Crippen LogP contribution in [0.2, 0.25) is 0 Å². The van der Waals surface area contributed by atoms with Gasteiger partial charge in [-0.15, -0.1) is 0 Å². The van der Waals surface area contributed by atoms with Crippen LogP contribution in [0.1, 0.15) is 0 Å². The van der Waals surface area contributed by atoms with Gasteiger partial charge < -0.3 is 5.32 Å². The van der Waals surface area contributed by atoms with Crippen LogP contribution in [-0.2, 0) is 4.79 Å². The second kappa shape index (κ2) is 6.00. The minimum atomic E-state index is -0.459. The second-order valence-corrected chi connectivity index (χ2v) is 7.06. The number of hydrogen-bond donors (Lipinski definition) is 2. The first-order valence-electron chi connectivity index (χ1n) is 7.10. The van der Waals surface area contributed by atoms with Crippen LogP contribution in [0.3, 0.4) is 0 Å². The van der Waals surface area contributed by atoms with Gasteiger partial charge in [0.1, 0.15) is 16.7 Å². The fraction of sp³-hybridized carbons (Fsp3) is 0. The van der Waals surface area contributed by atoms with Crippen molar-refractivity contribution in [2.75, 3.05) is 10.6 Å². The van der Waals surface area contributed by atoms with E-state index in [1.54, 1.807) is 0 Å². The number of nitrogens with zero attached hydrogens (tertiary/aromatic N) is 2. The minimum absolute atomic E-state index is 0.0513. The van der Waals surface area contributed by atoms with Gasteiger partial charge in [0.25, 0.3) is 5.91 Å². The van der Waals surface area contributed by atoms with Gasteiger partial charge in [0.15, 0.2) is 5.13 Å².